The molecule has 1 aliphatic heterocycles. The van der Waals surface area contributed by atoms with Crippen LogP contribution >= 0.6 is 11.6 Å². The standard InChI is InChI=1S/C30H30ClN3O4S/c1-20-4-9-24(10-5-20)30-25(19-34(32-30)27-11-6-21(2)16-26(27)31)28(35)17-23-8-7-22(3)29(18-23)39(36,37)33-12-14-38-15-13-33/h4-11,16,18-19H,12-15,17H2,1-3H3. The van der Waals surface area contributed by atoms with Gasteiger partial charge in [0.15, 0.2) is 5.78 Å². The number of ketones is 1. The molecule has 39 heavy (non-hydrogen) atoms. The maximum Gasteiger partial charge on any atom is 0.243 e. The number of aromatic nitrogens is 2. The highest BCUT2D eigenvalue weighted by Gasteiger charge is 2.28. The molecule has 0 amide bonds. The zero-order valence-corrected chi connectivity index (χ0v) is 23.7. The molecule has 4 aromatic rings. The van der Waals surface area contributed by atoms with Crippen molar-refractivity contribution in [3.8, 4) is 16.9 Å². The van der Waals surface area contributed by atoms with E-state index in [1.165, 1.54) is 4.31 Å². The van der Waals surface area contributed by atoms with Crippen molar-refractivity contribution in [1.82, 2.24) is 14.1 Å². The highest BCUT2D eigenvalue weighted by atomic mass is 35.5. The molecule has 3 aromatic carbocycles. The summed E-state index contributed by atoms with van der Waals surface area (Å²) in [4.78, 5) is 14.0. The molecule has 1 aromatic heterocycles. The Hall–Kier alpha value is -3.30. The third-order valence-corrected chi connectivity index (χ3v) is 9.24. The van der Waals surface area contributed by atoms with Crippen molar-refractivity contribution in [1.29, 1.82) is 0 Å². The highest BCUT2D eigenvalue weighted by Crippen LogP contribution is 2.29. The zero-order chi connectivity index (χ0) is 27.7. The molecule has 0 N–H and O–H groups in total. The number of halogens is 1. The molecule has 9 heteroatoms. The maximum atomic E-state index is 13.7. The van der Waals surface area contributed by atoms with E-state index in [0.717, 1.165) is 16.7 Å². The number of aryl methyl sites for hydroxylation is 3. The Morgan fingerprint density at radius 1 is 0.949 bits per heavy atom. The number of sulfonamides is 1. The molecule has 0 bridgehead atoms. The molecule has 7 nitrogen and oxygen atoms in total. The van der Waals surface area contributed by atoms with E-state index >= 15 is 0 Å². The quantitative estimate of drug-likeness (QED) is 0.275. The Labute approximate surface area is 234 Å². The molecule has 0 aliphatic carbocycles. The minimum atomic E-state index is -3.70. The summed E-state index contributed by atoms with van der Waals surface area (Å²) in [5, 5.41) is 5.29. The van der Waals surface area contributed by atoms with Gasteiger partial charge in [-0.2, -0.15) is 9.40 Å². The largest absolute Gasteiger partial charge is 0.379 e. The first kappa shape index (κ1) is 27.3. The predicted octanol–water partition coefficient (Wildman–Crippen LogP) is 5.56. The van der Waals surface area contributed by atoms with Gasteiger partial charge in [-0.1, -0.05) is 59.6 Å². The first-order chi connectivity index (χ1) is 18.6. The van der Waals surface area contributed by atoms with Gasteiger partial charge in [-0.3, -0.25) is 4.79 Å². The molecule has 5 rings (SSSR count). The number of carbonyl (C=O) groups excluding carboxylic acids is 1. The fourth-order valence-corrected chi connectivity index (χ4v) is 6.67. The lowest BCUT2D eigenvalue weighted by atomic mass is 9.99. The van der Waals surface area contributed by atoms with Crippen LogP contribution in [0.25, 0.3) is 16.9 Å². The summed E-state index contributed by atoms with van der Waals surface area (Å²) < 4.78 is 35.1. The summed E-state index contributed by atoms with van der Waals surface area (Å²) in [5.74, 6) is -0.168. The Kier molecular flexibility index (Phi) is 7.73. The van der Waals surface area contributed by atoms with Crippen molar-refractivity contribution in [2.24, 2.45) is 0 Å². The lowest BCUT2D eigenvalue weighted by molar-refractivity contribution is 0.0730. The van der Waals surface area contributed by atoms with Gasteiger partial charge in [0.1, 0.15) is 5.69 Å². The highest BCUT2D eigenvalue weighted by molar-refractivity contribution is 7.89. The van der Waals surface area contributed by atoms with E-state index in [4.69, 9.17) is 21.4 Å². The minimum absolute atomic E-state index is 0.0259. The smallest absolute Gasteiger partial charge is 0.243 e. The van der Waals surface area contributed by atoms with E-state index in [9.17, 15) is 13.2 Å². The molecular formula is C30H30ClN3O4S. The van der Waals surface area contributed by atoms with Crippen LogP contribution in [-0.2, 0) is 21.2 Å². The van der Waals surface area contributed by atoms with Crippen LogP contribution in [0, 0.1) is 20.8 Å². The van der Waals surface area contributed by atoms with Crippen LogP contribution in [0.2, 0.25) is 5.02 Å². The molecule has 1 fully saturated rings. The third kappa shape index (κ3) is 5.70. The average Bonchev–Trinajstić information content (AvgIpc) is 3.36. The van der Waals surface area contributed by atoms with Gasteiger partial charge in [-0.05, 0) is 55.7 Å². The Morgan fingerprint density at radius 3 is 2.33 bits per heavy atom. The van der Waals surface area contributed by atoms with E-state index in [1.54, 1.807) is 36.0 Å². The van der Waals surface area contributed by atoms with Crippen LogP contribution < -0.4 is 0 Å². The zero-order valence-electron chi connectivity index (χ0n) is 22.1. The van der Waals surface area contributed by atoms with Gasteiger partial charge >= 0.3 is 0 Å². The molecule has 0 spiro atoms. The summed E-state index contributed by atoms with van der Waals surface area (Å²) in [6.45, 7) is 7.09. The Balaban J connectivity index is 1.52. The Bertz CT molecular complexity index is 1640. The van der Waals surface area contributed by atoms with Gasteiger partial charge in [-0.15, -0.1) is 0 Å². The summed E-state index contributed by atoms with van der Waals surface area (Å²) >= 11 is 6.53. The van der Waals surface area contributed by atoms with Gasteiger partial charge in [0, 0.05) is 31.3 Å². The lowest BCUT2D eigenvalue weighted by Gasteiger charge is -2.26. The fraction of sp³-hybridized carbons (Fsp3) is 0.267. The van der Waals surface area contributed by atoms with Crippen molar-refractivity contribution in [2.45, 2.75) is 32.1 Å². The fourth-order valence-electron chi connectivity index (χ4n) is 4.66. The Morgan fingerprint density at radius 2 is 1.64 bits per heavy atom. The summed E-state index contributed by atoms with van der Waals surface area (Å²) in [6, 6.07) is 18.7. The second kappa shape index (κ2) is 11.1. The maximum absolute atomic E-state index is 13.7. The van der Waals surface area contributed by atoms with Crippen LogP contribution in [0.3, 0.4) is 0 Å². The number of hydrogen-bond acceptors (Lipinski definition) is 5. The second-order valence-corrected chi connectivity index (χ2v) is 12.2. The van der Waals surface area contributed by atoms with Crippen molar-refractivity contribution >= 4 is 27.4 Å². The molecule has 0 unspecified atom stereocenters. The van der Waals surface area contributed by atoms with Crippen molar-refractivity contribution in [3.63, 3.8) is 0 Å². The number of benzene rings is 3. The monoisotopic (exact) mass is 563 g/mol. The van der Waals surface area contributed by atoms with E-state index in [-0.39, 0.29) is 17.1 Å². The molecule has 0 atom stereocenters. The van der Waals surface area contributed by atoms with Gasteiger partial charge in [0.2, 0.25) is 10.0 Å². The SMILES string of the molecule is Cc1ccc(-c2nn(-c3ccc(C)cc3Cl)cc2C(=O)Cc2ccc(C)c(S(=O)(=O)N3CCOCC3)c2)cc1. The first-order valence-electron chi connectivity index (χ1n) is 12.8. The van der Waals surface area contributed by atoms with Crippen LogP contribution in [0.4, 0.5) is 0 Å². The number of carbonyl (C=O) groups is 1. The van der Waals surface area contributed by atoms with E-state index in [0.29, 0.717) is 59.4 Å². The van der Waals surface area contributed by atoms with E-state index in [2.05, 4.69) is 0 Å². The number of ether oxygens (including phenoxy) is 1. The van der Waals surface area contributed by atoms with E-state index < -0.39 is 10.0 Å². The normalized spacial score (nSPS) is 14.5. The molecule has 202 valence electrons. The van der Waals surface area contributed by atoms with Crippen molar-refractivity contribution in [2.75, 3.05) is 26.3 Å². The van der Waals surface area contributed by atoms with Gasteiger partial charge in [-0.25, -0.2) is 13.1 Å². The number of hydrogen-bond donors (Lipinski definition) is 0. The minimum Gasteiger partial charge on any atom is -0.379 e. The average molecular weight is 564 g/mol. The van der Waals surface area contributed by atoms with Crippen molar-refractivity contribution < 1.29 is 17.9 Å². The number of rotatable bonds is 7. The first-order valence-corrected chi connectivity index (χ1v) is 14.6. The van der Waals surface area contributed by atoms with Gasteiger partial charge in [0.25, 0.3) is 0 Å². The molecule has 2 heterocycles. The van der Waals surface area contributed by atoms with Crippen LogP contribution in [-0.4, -0.2) is 54.6 Å². The number of Topliss-reactive ketones (excluding diaryl/α,β-unsaturated/α-hetero) is 1. The van der Waals surface area contributed by atoms with Crippen LogP contribution in [0.5, 0.6) is 0 Å². The van der Waals surface area contributed by atoms with Crippen LogP contribution in [0.1, 0.15) is 32.6 Å². The topological polar surface area (TPSA) is 81.5 Å². The van der Waals surface area contributed by atoms with Gasteiger partial charge < -0.3 is 4.74 Å². The molecule has 1 saturated heterocycles. The number of morpholine rings is 1. The number of nitrogens with zero attached hydrogens (tertiary/aromatic N) is 3. The summed E-state index contributed by atoms with van der Waals surface area (Å²) in [6.07, 6.45) is 1.73. The van der Waals surface area contributed by atoms with Crippen LogP contribution in [0.15, 0.2) is 71.8 Å². The lowest BCUT2D eigenvalue weighted by Crippen LogP contribution is -2.40. The summed E-state index contributed by atoms with van der Waals surface area (Å²) in [7, 11) is -3.70. The molecule has 0 saturated carbocycles. The van der Waals surface area contributed by atoms with Crippen molar-refractivity contribution in [3.05, 3.63) is 99.7 Å². The molecule has 0 radical (unpaired) electrons. The second-order valence-electron chi connectivity index (χ2n) is 9.87. The van der Waals surface area contributed by atoms with Gasteiger partial charge in [0.05, 0.1) is 34.4 Å². The molecule has 1 aliphatic rings. The molecular weight excluding hydrogens is 534 g/mol. The van der Waals surface area contributed by atoms with E-state index in [1.807, 2.05) is 56.3 Å². The summed E-state index contributed by atoms with van der Waals surface area (Å²) in [5.41, 5.74) is 5.84. The third-order valence-electron chi connectivity index (χ3n) is 6.89. The predicted molar refractivity (Wildman–Crippen MR) is 152 cm³/mol.